The Balaban J connectivity index is 1.64. The molecular weight excluding hydrogens is 503 g/mol. The third-order valence-corrected chi connectivity index (χ3v) is 5.52. The van der Waals surface area contributed by atoms with Crippen LogP contribution in [0.2, 0.25) is 0 Å². The first-order valence-corrected chi connectivity index (χ1v) is 11.1. The molecule has 0 amide bonds. The Labute approximate surface area is 204 Å². The van der Waals surface area contributed by atoms with Crippen molar-refractivity contribution in [3.05, 3.63) is 112 Å². The summed E-state index contributed by atoms with van der Waals surface area (Å²) in [4.78, 5) is 16.2. The maximum Gasteiger partial charge on any atom is 0.339 e. The molecule has 0 aliphatic rings. The first-order chi connectivity index (χ1) is 16.5. The molecule has 0 atom stereocenters. The van der Waals surface area contributed by atoms with Crippen LogP contribution in [0.4, 0.5) is 15.8 Å². The fraction of sp³-hybridized carbons (Fsp3) is 0.0769. The van der Waals surface area contributed by atoms with E-state index in [-0.39, 0.29) is 28.2 Å². The van der Waals surface area contributed by atoms with E-state index in [0.717, 1.165) is 11.1 Å². The molecule has 0 saturated heterocycles. The second kappa shape index (κ2) is 10.8. The van der Waals surface area contributed by atoms with Crippen molar-refractivity contribution in [2.45, 2.75) is 13.2 Å². The van der Waals surface area contributed by atoms with Gasteiger partial charge in [-0.2, -0.15) is 4.98 Å². The first kappa shape index (κ1) is 23.3. The summed E-state index contributed by atoms with van der Waals surface area (Å²) in [5, 5.41) is 12.4. The molecule has 4 rings (SSSR count). The number of halogens is 2. The Morgan fingerprint density at radius 3 is 2.12 bits per heavy atom. The van der Waals surface area contributed by atoms with Crippen LogP contribution in [0, 0.1) is 5.82 Å². The van der Waals surface area contributed by atoms with E-state index in [4.69, 9.17) is 9.47 Å². The van der Waals surface area contributed by atoms with Gasteiger partial charge in [-0.1, -0.05) is 60.7 Å². The number of pyridine rings is 1. The molecule has 0 aliphatic carbocycles. The van der Waals surface area contributed by atoms with Crippen LogP contribution in [0.5, 0.6) is 11.8 Å². The molecular formula is C26H20BrFN2O4. The van der Waals surface area contributed by atoms with Crippen molar-refractivity contribution < 1.29 is 23.8 Å². The topological polar surface area (TPSA) is 80.7 Å². The van der Waals surface area contributed by atoms with Gasteiger partial charge in [0, 0.05) is 10.5 Å². The summed E-state index contributed by atoms with van der Waals surface area (Å²) in [5.74, 6) is -1.55. The average molecular weight is 523 g/mol. The number of anilines is 2. The fourth-order valence-corrected chi connectivity index (χ4v) is 3.68. The number of rotatable bonds is 9. The number of carboxylic acid groups (broad SMARTS) is 1. The predicted molar refractivity (Wildman–Crippen MR) is 130 cm³/mol. The van der Waals surface area contributed by atoms with Crippen molar-refractivity contribution in [3.8, 4) is 11.8 Å². The molecule has 0 aliphatic heterocycles. The normalized spacial score (nSPS) is 10.5. The monoisotopic (exact) mass is 522 g/mol. The molecule has 8 heteroatoms. The summed E-state index contributed by atoms with van der Waals surface area (Å²) in [7, 11) is 0. The predicted octanol–water partition coefficient (Wildman–Crippen LogP) is 6.58. The lowest BCUT2D eigenvalue weighted by atomic mass is 10.1. The Morgan fingerprint density at radius 1 is 0.882 bits per heavy atom. The smallest absolute Gasteiger partial charge is 0.339 e. The molecule has 172 valence electrons. The number of carboxylic acids is 1. The summed E-state index contributed by atoms with van der Waals surface area (Å²) in [6, 6.07) is 24.8. The molecule has 0 spiro atoms. The van der Waals surface area contributed by atoms with Gasteiger partial charge in [0.1, 0.15) is 30.3 Å². The Bertz CT molecular complexity index is 1290. The van der Waals surface area contributed by atoms with Gasteiger partial charge in [0.2, 0.25) is 11.8 Å². The molecule has 0 saturated carbocycles. The Hall–Kier alpha value is -3.91. The molecule has 4 aromatic rings. The average Bonchev–Trinajstić information content (AvgIpc) is 2.85. The molecule has 0 unspecified atom stereocenters. The van der Waals surface area contributed by atoms with Gasteiger partial charge in [0.15, 0.2) is 0 Å². The molecule has 1 aromatic heterocycles. The highest BCUT2D eigenvalue weighted by Crippen LogP contribution is 2.34. The van der Waals surface area contributed by atoms with Crippen molar-refractivity contribution in [3.63, 3.8) is 0 Å². The van der Waals surface area contributed by atoms with Crippen LogP contribution in [0.25, 0.3) is 0 Å². The lowest BCUT2D eigenvalue weighted by Crippen LogP contribution is -2.08. The quantitative estimate of drug-likeness (QED) is 0.258. The summed E-state index contributed by atoms with van der Waals surface area (Å²) < 4.78 is 26.6. The molecule has 1 heterocycles. The Morgan fingerprint density at radius 2 is 1.50 bits per heavy atom. The molecule has 3 aromatic carbocycles. The van der Waals surface area contributed by atoms with Gasteiger partial charge < -0.3 is 19.9 Å². The molecule has 2 N–H and O–H groups in total. The number of benzene rings is 3. The summed E-state index contributed by atoms with van der Waals surface area (Å²) in [5.41, 5.74) is 1.73. The van der Waals surface area contributed by atoms with Gasteiger partial charge in [0.25, 0.3) is 0 Å². The maximum atomic E-state index is 14.6. The number of ether oxygens (including phenoxy) is 2. The van der Waals surface area contributed by atoms with Crippen molar-refractivity contribution in [2.24, 2.45) is 0 Å². The van der Waals surface area contributed by atoms with Gasteiger partial charge >= 0.3 is 5.97 Å². The van der Waals surface area contributed by atoms with E-state index in [2.05, 4.69) is 26.2 Å². The number of hydrogen-bond donors (Lipinski definition) is 2. The van der Waals surface area contributed by atoms with Gasteiger partial charge in [-0.25, -0.2) is 9.18 Å². The van der Waals surface area contributed by atoms with E-state index >= 15 is 0 Å². The molecule has 0 bridgehead atoms. The van der Waals surface area contributed by atoms with Gasteiger partial charge in [-0.3, -0.25) is 0 Å². The zero-order valence-electron chi connectivity index (χ0n) is 17.9. The van der Waals surface area contributed by atoms with E-state index in [1.807, 2.05) is 60.7 Å². The minimum absolute atomic E-state index is 0.144. The van der Waals surface area contributed by atoms with Crippen molar-refractivity contribution in [1.29, 1.82) is 0 Å². The SMILES string of the molecule is O=C(O)c1c(Br)ccc(F)c1Nc1ccc(OCc2ccccc2)nc1OCc1ccccc1. The standard InChI is InChI=1S/C26H20BrFN2O4/c27-19-11-12-20(28)24(23(19)26(31)32)29-21-13-14-22(33-15-17-7-3-1-4-8-17)30-25(21)34-16-18-9-5-2-6-10-18/h1-14,29H,15-16H2,(H,31,32). The Kier molecular flexibility index (Phi) is 7.39. The van der Waals surface area contributed by atoms with E-state index in [0.29, 0.717) is 18.2 Å². The number of nitrogens with one attached hydrogen (secondary N) is 1. The molecule has 34 heavy (non-hydrogen) atoms. The number of aromatic nitrogens is 1. The van der Waals surface area contributed by atoms with Crippen LogP contribution in [-0.4, -0.2) is 16.1 Å². The lowest BCUT2D eigenvalue weighted by molar-refractivity contribution is 0.0696. The van der Waals surface area contributed by atoms with Crippen LogP contribution >= 0.6 is 15.9 Å². The number of carbonyl (C=O) groups is 1. The van der Waals surface area contributed by atoms with Crippen LogP contribution in [0.3, 0.4) is 0 Å². The zero-order chi connectivity index (χ0) is 23.9. The highest BCUT2D eigenvalue weighted by Gasteiger charge is 2.20. The van der Waals surface area contributed by atoms with Gasteiger partial charge in [-0.05, 0) is 45.3 Å². The minimum atomic E-state index is -1.28. The molecule has 6 nitrogen and oxygen atoms in total. The third kappa shape index (κ3) is 5.71. The number of nitrogens with zero attached hydrogens (tertiary/aromatic N) is 1. The van der Waals surface area contributed by atoms with Gasteiger partial charge in [-0.15, -0.1) is 0 Å². The van der Waals surface area contributed by atoms with Crippen molar-refractivity contribution in [1.82, 2.24) is 4.98 Å². The van der Waals surface area contributed by atoms with Crippen LogP contribution in [-0.2, 0) is 13.2 Å². The summed E-state index contributed by atoms with van der Waals surface area (Å²) >= 11 is 3.18. The van der Waals surface area contributed by atoms with Crippen LogP contribution in [0.15, 0.2) is 89.4 Å². The lowest BCUT2D eigenvalue weighted by Gasteiger charge is -2.16. The van der Waals surface area contributed by atoms with Crippen molar-refractivity contribution >= 4 is 33.3 Å². The summed E-state index contributed by atoms with van der Waals surface area (Å²) in [6.45, 7) is 0.513. The first-order valence-electron chi connectivity index (χ1n) is 10.3. The minimum Gasteiger partial charge on any atom is -0.478 e. The van der Waals surface area contributed by atoms with Gasteiger partial charge in [0.05, 0.1) is 5.69 Å². The zero-order valence-corrected chi connectivity index (χ0v) is 19.5. The summed E-state index contributed by atoms with van der Waals surface area (Å²) in [6.07, 6.45) is 0. The van der Waals surface area contributed by atoms with Crippen LogP contribution in [0.1, 0.15) is 21.5 Å². The molecule has 0 radical (unpaired) electrons. The third-order valence-electron chi connectivity index (χ3n) is 4.86. The maximum absolute atomic E-state index is 14.6. The molecule has 0 fully saturated rings. The van der Waals surface area contributed by atoms with E-state index in [9.17, 15) is 14.3 Å². The van der Waals surface area contributed by atoms with Crippen LogP contribution < -0.4 is 14.8 Å². The second-order valence-electron chi connectivity index (χ2n) is 7.26. The fourth-order valence-electron chi connectivity index (χ4n) is 3.18. The van der Waals surface area contributed by atoms with E-state index in [1.165, 1.54) is 12.1 Å². The number of hydrogen-bond acceptors (Lipinski definition) is 5. The number of aromatic carboxylic acids is 1. The largest absolute Gasteiger partial charge is 0.478 e. The highest BCUT2D eigenvalue weighted by molar-refractivity contribution is 9.10. The second-order valence-corrected chi connectivity index (χ2v) is 8.11. The van der Waals surface area contributed by atoms with E-state index < -0.39 is 11.8 Å². The van der Waals surface area contributed by atoms with E-state index in [1.54, 1.807) is 12.1 Å². The van der Waals surface area contributed by atoms with Crippen molar-refractivity contribution in [2.75, 3.05) is 5.32 Å². The highest BCUT2D eigenvalue weighted by atomic mass is 79.9.